The SMILES string of the molecule is CCNC(=NCc1ncccc1C)N(C)Cc1cnn(C)c1. The Morgan fingerprint density at radius 3 is 2.91 bits per heavy atom. The second kappa shape index (κ2) is 7.59. The van der Waals surface area contributed by atoms with E-state index in [0.29, 0.717) is 6.54 Å². The molecule has 6 nitrogen and oxygen atoms in total. The molecule has 0 bridgehead atoms. The number of nitrogens with one attached hydrogen (secondary N) is 1. The molecule has 0 aliphatic rings. The number of hydrogen-bond donors (Lipinski definition) is 1. The molecule has 2 aromatic rings. The Labute approximate surface area is 131 Å². The third-order valence-electron chi connectivity index (χ3n) is 3.37. The number of aromatic nitrogens is 3. The quantitative estimate of drug-likeness (QED) is 0.675. The number of aliphatic imine (C=N–C) groups is 1. The average molecular weight is 300 g/mol. The third-order valence-corrected chi connectivity index (χ3v) is 3.37. The lowest BCUT2D eigenvalue weighted by molar-refractivity contribution is 0.476. The normalized spacial score (nSPS) is 11.5. The highest BCUT2D eigenvalue weighted by Gasteiger charge is 2.08. The number of aryl methyl sites for hydroxylation is 2. The topological polar surface area (TPSA) is 58.3 Å². The molecule has 0 aliphatic heterocycles. The van der Waals surface area contributed by atoms with Gasteiger partial charge in [-0.2, -0.15) is 5.10 Å². The van der Waals surface area contributed by atoms with Gasteiger partial charge < -0.3 is 10.2 Å². The Hall–Kier alpha value is -2.37. The molecule has 22 heavy (non-hydrogen) atoms. The van der Waals surface area contributed by atoms with Crippen LogP contribution in [-0.4, -0.2) is 39.2 Å². The number of pyridine rings is 1. The van der Waals surface area contributed by atoms with Gasteiger partial charge in [0.1, 0.15) is 0 Å². The van der Waals surface area contributed by atoms with Gasteiger partial charge in [0, 0.05) is 45.1 Å². The molecular weight excluding hydrogens is 276 g/mol. The smallest absolute Gasteiger partial charge is 0.194 e. The van der Waals surface area contributed by atoms with Crippen molar-refractivity contribution in [1.82, 2.24) is 25.0 Å². The maximum absolute atomic E-state index is 4.69. The van der Waals surface area contributed by atoms with E-state index in [4.69, 9.17) is 0 Å². The van der Waals surface area contributed by atoms with Crippen LogP contribution in [0.15, 0.2) is 35.7 Å². The lowest BCUT2D eigenvalue weighted by Crippen LogP contribution is -2.38. The summed E-state index contributed by atoms with van der Waals surface area (Å²) in [5.41, 5.74) is 3.33. The van der Waals surface area contributed by atoms with Crippen molar-refractivity contribution in [2.45, 2.75) is 26.9 Å². The largest absolute Gasteiger partial charge is 0.357 e. The van der Waals surface area contributed by atoms with Gasteiger partial charge in [0.15, 0.2) is 5.96 Å². The van der Waals surface area contributed by atoms with E-state index in [0.717, 1.165) is 35.9 Å². The molecule has 1 N–H and O–H groups in total. The van der Waals surface area contributed by atoms with Gasteiger partial charge in [-0.3, -0.25) is 9.67 Å². The monoisotopic (exact) mass is 300 g/mol. The molecule has 0 atom stereocenters. The first-order valence-electron chi connectivity index (χ1n) is 7.47. The molecule has 2 aromatic heterocycles. The highest BCUT2D eigenvalue weighted by atomic mass is 15.3. The minimum absolute atomic E-state index is 0.576. The van der Waals surface area contributed by atoms with E-state index in [2.05, 4.69) is 45.2 Å². The Bertz CT molecular complexity index is 631. The van der Waals surface area contributed by atoms with Crippen molar-refractivity contribution in [2.75, 3.05) is 13.6 Å². The number of hydrogen-bond acceptors (Lipinski definition) is 3. The summed E-state index contributed by atoms with van der Waals surface area (Å²) in [4.78, 5) is 11.2. The van der Waals surface area contributed by atoms with Gasteiger partial charge in [-0.15, -0.1) is 0 Å². The van der Waals surface area contributed by atoms with Crippen molar-refractivity contribution in [3.63, 3.8) is 0 Å². The molecule has 2 rings (SSSR count). The van der Waals surface area contributed by atoms with Crippen LogP contribution in [0.3, 0.4) is 0 Å². The van der Waals surface area contributed by atoms with Crippen molar-refractivity contribution < 1.29 is 0 Å². The second-order valence-corrected chi connectivity index (χ2v) is 5.32. The van der Waals surface area contributed by atoms with Crippen molar-refractivity contribution in [2.24, 2.45) is 12.0 Å². The zero-order valence-electron chi connectivity index (χ0n) is 13.7. The summed E-state index contributed by atoms with van der Waals surface area (Å²) >= 11 is 0. The van der Waals surface area contributed by atoms with Gasteiger partial charge in [-0.05, 0) is 25.5 Å². The predicted octanol–water partition coefficient (Wildman–Crippen LogP) is 1.72. The molecule has 0 radical (unpaired) electrons. The van der Waals surface area contributed by atoms with E-state index in [1.165, 1.54) is 0 Å². The third kappa shape index (κ3) is 4.31. The molecule has 0 unspecified atom stereocenters. The Morgan fingerprint density at radius 2 is 2.27 bits per heavy atom. The summed E-state index contributed by atoms with van der Waals surface area (Å²) < 4.78 is 1.81. The van der Waals surface area contributed by atoms with E-state index >= 15 is 0 Å². The summed E-state index contributed by atoms with van der Waals surface area (Å²) in [7, 11) is 3.95. The molecule has 0 amide bonds. The number of nitrogens with zero attached hydrogens (tertiary/aromatic N) is 5. The summed E-state index contributed by atoms with van der Waals surface area (Å²) in [6.45, 7) is 6.30. The first-order valence-corrected chi connectivity index (χ1v) is 7.47. The fourth-order valence-electron chi connectivity index (χ4n) is 2.21. The lowest BCUT2D eigenvalue weighted by atomic mass is 10.2. The fourth-order valence-corrected chi connectivity index (χ4v) is 2.21. The molecular formula is C16H24N6. The highest BCUT2D eigenvalue weighted by Crippen LogP contribution is 2.06. The molecule has 118 valence electrons. The molecule has 6 heteroatoms. The average Bonchev–Trinajstić information content (AvgIpc) is 2.90. The van der Waals surface area contributed by atoms with Crippen LogP contribution in [0.4, 0.5) is 0 Å². The summed E-state index contributed by atoms with van der Waals surface area (Å²) in [6.07, 6.45) is 5.70. The highest BCUT2D eigenvalue weighted by molar-refractivity contribution is 5.79. The van der Waals surface area contributed by atoms with Crippen LogP contribution in [0.2, 0.25) is 0 Å². The van der Waals surface area contributed by atoms with Crippen molar-refractivity contribution in [1.29, 1.82) is 0 Å². The second-order valence-electron chi connectivity index (χ2n) is 5.32. The van der Waals surface area contributed by atoms with Gasteiger partial charge in [0.05, 0.1) is 18.4 Å². The summed E-state index contributed by atoms with van der Waals surface area (Å²) in [5, 5.41) is 7.52. The Kier molecular flexibility index (Phi) is 5.52. The predicted molar refractivity (Wildman–Crippen MR) is 88.5 cm³/mol. The fraction of sp³-hybridized carbons (Fsp3) is 0.438. The number of rotatable bonds is 5. The van der Waals surface area contributed by atoms with Crippen LogP contribution in [0.25, 0.3) is 0 Å². The lowest BCUT2D eigenvalue weighted by Gasteiger charge is -2.21. The molecule has 0 saturated heterocycles. The zero-order valence-corrected chi connectivity index (χ0v) is 13.7. The number of guanidine groups is 1. The van der Waals surface area contributed by atoms with Gasteiger partial charge in [0.25, 0.3) is 0 Å². The van der Waals surface area contributed by atoms with Crippen molar-refractivity contribution in [3.8, 4) is 0 Å². The van der Waals surface area contributed by atoms with Gasteiger partial charge in [-0.1, -0.05) is 6.07 Å². The molecule has 0 aliphatic carbocycles. The standard InChI is InChI=1S/C16H24N6/c1-5-17-16(19-10-15-13(2)7-6-8-18-15)21(3)11-14-9-20-22(4)12-14/h6-9,12H,5,10-11H2,1-4H3,(H,17,19). The summed E-state index contributed by atoms with van der Waals surface area (Å²) in [6, 6.07) is 4.01. The van der Waals surface area contributed by atoms with Crippen LogP contribution in [0.5, 0.6) is 0 Å². The van der Waals surface area contributed by atoms with Crippen LogP contribution in [-0.2, 0) is 20.1 Å². The van der Waals surface area contributed by atoms with Crippen LogP contribution in [0.1, 0.15) is 23.7 Å². The van der Waals surface area contributed by atoms with Crippen molar-refractivity contribution >= 4 is 5.96 Å². The van der Waals surface area contributed by atoms with E-state index in [1.54, 1.807) is 0 Å². The van der Waals surface area contributed by atoms with Gasteiger partial charge in [0.2, 0.25) is 0 Å². The maximum atomic E-state index is 4.69. The van der Waals surface area contributed by atoms with Crippen molar-refractivity contribution in [3.05, 3.63) is 47.5 Å². The molecule has 0 saturated carbocycles. The van der Waals surface area contributed by atoms with E-state index in [-0.39, 0.29) is 0 Å². The summed E-state index contributed by atoms with van der Waals surface area (Å²) in [5.74, 6) is 0.872. The minimum Gasteiger partial charge on any atom is -0.357 e. The molecule has 0 aromatic carbocycles. The Balaban J connectivity index is 2.07. The Morgan fingerprint density at radius 1 is 1.45 bits per heavy atom. The first-order chi connectivity index (χ1) is 10.6. The minimum atomic E-state index is 0.576. The zero-order chi connectivity index (χ0) is 15.9. The molecule has 0 spiro atoms. The van der Waals surface area contributed by atoms with Gasteiger partial charge >= 0.3 is 0 Å². The van der Waals surface area contributed by atoms with Crippen LogP contribution >= 0.6 is 0 Å². The van der Waals surface area contributed by atoms with E-state index in [1.807, 2.05) is 43.4 Å². The van der Waals surface area contributed by atoms with Crippen LogP contribution < -0.4 is 5.32 Å². The molecule has 2 heterocycles. The maximum Gasteiger partial charge on any atom is 0.194 e. The molecule has 0 fully saturated rings. The van der Waals surface area contributed by atoms with E-state index < -0.39 is 0 Å². The van der Waals surface area contributed by atoms with Crippen LogP contribution in [0, 0.1) is 6.92 Å². The van der Waals surface area contributed by atoms with Gasteiger partial charge in [-0.25, -0.2) is 4.99 Å². The van der Waals surface area contributed by atoms with E-state index in [9.17, 15) is 0 Å². The first kappa shape index (κ1) is 16.0.